The van der Waals surface area contributed by atoms with Crippen LogP contribution in [0.5, 0.6) is 0 Å². The van der Waals surface area contributed by atoms with Crippen molar-refractivity contribution >= 4 is 23.2 Å². The van der Waals surface area contributed by atoms with E-state index in [0.29, 0.717) is 6.54 Å². The number of hydrogen-bond acceptors (Lipinski definition) is 4. The van der Waals surface area contributed by atoms with E-state index in [9.17, 15) is 9.59 Å². The van der Waals surface area contributed by atoms with Crippen molar-refractivity contribution in [2.75, 3.05) is 6.54 Å². The van der Waals surface area contributed by atoms with Gasteiger partial charge in [0.2, 0.25) is 11.8 Å². The Morgan fingerprint density at radius 1 is 1.56 bits per heavy atom. The molecule has 1 fully saturated rings. The first-order valence-corrected chi connectivity index (χ1v) is 6.84. The number of carbonyl (C=O) groups is 2. The molecule has 6 heteroatoms. The predicted molar refractivity (Wildman–Crippen MR) is 69.0 cm³/mol. The second kappa shape index (κ2) is 5.06. The zero-order valence-electron chi connectivity index (χ0n) is 10.8. The van der Waals surface area contributed by atoms with Crippen LogP contribution in [-0.2, 0) is 16.1 Å². The maximum Gasteiger partial charge on any atom is 0.246 e. The molecule has 1 aliphatic heterocycles. The number of amides is 2. The summed E-state index contributed by atoms with van der Waals surface area (Å²) in [6.45, 7) is 6.33. The monoisotopic (exact) mass is 267 g/mol. The lowest BCUT2D eigenvalue weighted by molar-refractivity contribution is -0.146. The van der Waals surface area contributed by atoms with Gasteiger partial charge in [0.15, 0.2) is 0 Å². The maximum absolute atomic E-state index is 12.2. The van der Waals surface area contributed by atoms with Gasteiger partial charge < -0.3 is 10.2 Å². The van der Waals surface area contributed by atoms with Crippen molar-refractivity contribution in [1.29, 1.82) is 0 Å². The third kappa shape index (κ3) is 2.69. The Morgan fingerprint density at radius 3 is 2.83 bits per heavy atom. The first kappa shape index (κ1) is 13.0. The molecule has 1 aromatic heterocycles. The molecule has 0 bridgehead atoms. The van der Waals surface area contributed by atoms with Crippen LogP contribution in [0.25, 0.3) is 0 Å². The Morgan fingerprint density at radius 2 is 2.28 bits per heavy atom. The number of piperazine rings is 1. The Balaban J connectivity index is 2.11. The first-order valence-electron chi connectivity index (χ1n) is 5.96. The molecule has 1 N–H and O–H groups in total. The van der Waals surface area contributed by atoms with Crippen molar-refractivity contribution in [2.45, 2.75) is 33.4 Å². The summed E-state index contributed by atoms with van der Waals surface area (Å²) < 4.78 is 0. The van der Waals surface area contributed by atoms with E-state index in [-0.39, 0.29) is 24.3 Å². The van der Waals surface area contributed by atoms with Gasteiger partial charge in [-0.1, -0.05) is 13.8 Å². The van der Waals surface area contributed by atoms with Crippen LogP contribution in [0.4, 0.5) is 0 Å². The quantitative estimate of drug-likeness (QED) is 0.886. The summed E-state index contributed by atoms with van der Waals surface area (Å²) >= 11 is 1.55. The fourth-order valence-corrected chi connectivity index (χ4v) is 2.59. The van der Waals surface area contributed by atoms with Gasteiger partial charge >= 0.3 is 0 Å². The number of thiazole rings is 1. The summed E-state index contributed by atoms with van der Waals surface area (Å²) in [6.07, 6.45) is 0. The summed E-state index contributed by atoms with van der Waals surface area (Å²) in [5, 5.41) is 5.64. The van der Waals surface area contributed by atoms with Crippen molar-refractivity contribution in [3.63, 3.8) is 0 Å². The molecule has 1 atom stereocenters. The van der Waals surface area contributed by atoms with Crippen molar-refractivity contribution in [1.82, 2.24) is 15.2 Å². The smallest absolute Gasteiger partial charge is 0.246 e. The van der Waals surface area contributed by atoms with Gasteiger partial charge in [-0.3, -0.25) is 9.59 Å². The Hall–Kier alpha value is -1.43. The second-order valence-electron chi connectivity index (χ2n) is 4.84. The third-order valence-corrected chi connectivity index (χ3v) is 3.74. The van der Waals surface area contributed by atoms with E-state index in [1.165, 1.54) is 0 Å². The number of nitrogens with one attached hydrogen (secondary N) is 1. The van der Waals surface area contributed by atoms with Crippen LogP contribution in [0.15, 0.2) is 5.38 Å². The average molecular weight is 267 g/mol. The lowest BCUT2D eigenvalue weighted by atomic mass is 10.0. The molecular weight excluding hydrogens is 250 g/mol. The fraction of sp³-hybridized carbons (Fsp3) is 0.583. The van der Waals surface area contributed by atoms with Crippen LogP contribution in [0, 0.1) is 12.8 Å². The van der Waals surface area contributed by atoms with E-state index in [1.54, 1.807) is 16.2 Å². The molecule has 2 heterocycles. The zero-order valence-corrected chi connectivity index (χ0v) is 11.6. The SMILES string of the molecule is Cc1nc(CN2CC(=O)NC(C(C)C)C2=O)cs1. The van der Waals surface area contributed by atoms with Crippen molar-refractivity contribution in [3.05, 3.63) is 16.1 Å². The lowest BCUT2D eigenvalue weighted by Gasteiger charge is -2.34. The Kier molecular flexibility index (Phi) is 3.65. The summed E-state index contributed by atoms with van der Waals surface area (Å²) in [7, 11) is 0. The molecule has 0 aliphatic carbocycles. The van der Waals surface area contributed by atoms with E-state index in [1.807, 2.05) is 26.2 Å². The number of nitrogens with zero attached hydrogens (tertiary/aromatic N) is 2. The van der Waals surface area contributed by atoms with Gasteiger partial charge in [-0.2, -0.15) is 0 Å². The van der Waals surface area contributed by atoms with E-state index in [2.05, 4.69) is 10.3 Å². The predicted octanol–water partition coefficient (Wildman–Crippen LogP) is 0.935. The van der Waals surface area contributed by atoms with Gasteiger partial charge in [0, 0.05) is 5.38 Å². The maximum atomic E-state index is 12.2. The molecular formula is C12H17N3O2S. The third-order valence-electron chi connectivity index (χ3n) is 2.91. The molecule has 98 valence electrons. The minimum atomic E-state index is -0.411. The van der Waals surface area contributed by atoms with Gasteiger partial charge in [0.05, 0.1) is 17.2 Å². The zero-order chi connectivity index (χ0) is 13.3. The highest BCUT2D eigenvalue weighted by Gasteiger charge is 2.34. The van der Waals surface area contributed by atoms with E-state index >= 15 is 0 Å². The summed E-state index contributed by atoms with van der Waals surface area (Å²) in [5.41, 5.74) is 0.850. The van der Waals surface area contributed by atoms with Crippen molar-refractivity contribution < 1.29 is 9.59 Å². The van der Waals surface area contributed by atoms with Gasteiger partial charge in [-0.05, 0) is 12.8 Å². The normalized spacial score (nSPS) is 20.4. The lowest BCUT2D eigenvalue weighted by Crippen LogP contribution is -2.59. The summed E-state index contributed by atoms with van der Waals surface area (Å²) in [6, 6.07) is -0.411. The highest BCUT2D eigenvalue weighted by molar-refractivity contribution is 7.09. The number of rotatable bonds is 3. The number of aromatic nitrogens is 1. The molecule has 5 nitrogen and oxygen atoms in total. The molecule has 0 aromatic carbocycles. The largest absolute Gasteiger partial charge is 0.343 e. The van der Waals surface area contributed by atoms with Crippen LogP contribution in [0.1, 0.15) is 24.5 Å². The molecule has 1 unspecified atom stereocenters. The van der Waals surface area contributed by atoms with E-state index in [4.69, 9.17) is 0 Å². The molecule has 1 aliphatic rings. The Labute approximate surface area is 110 Å². The van der Waals surface area contributed by atoms with Crippen molar-refractivity contribution in [3.8, 4) is 0 Å². The number of aryl methyl sites for hydroxylation is 1. The van der Waals surface area contributed by atoms with Gasteiger partial charge in [-0.15, -0.1) is 11.3 Å². The highest BCUT2D eigenvalue weighted by Crippen LogP contribution is 2.15. The second-order valence-corrected chi connectivity index (χ2v) is 5.90. The molecule has 0 radical (unpaired) electrons. The Bertz CT molecular complexity index is 470. The topological polar surface area (TPSA) is 62.3 Å². The molecule has 2 rings (SSSR count). The minimum absolute atomic E-state index is 0.0183. The molecule has 0 saturated carbocycles. The molecule has 0 spiro atoms. The molecule has 1 saturated heterocycles. The van der Waals surface area contributed by atoms with Crippen LogP contribution in [0.3, 0.4) is 0 Å². The molecule has 2 amide bonds. The number of carbonyl (C=O) groups excluding carboxylic acids is 2. The fourth-order valence-electron chi connectivity index (χ4n) is 1.99. The average Bonchev–Trinajstić information content (AvgIpc) is 2.68. The summed E-state index contributed by atoms with van der Waals surface area (Å²) in [4.78, 5) is 29.7. The van der Waals surface area contributed by atoms with Crippen LogP contribution < -0.4 is 5.32 Å². The van der Waals surface area contributed by atoms with Gasteiger partial charge in [-0.25, -0.2) is 4.98 Å². The van der Waals surface area contributed by atoms with E-state index < -0.39 is 6.04 Å². The van der Waals surface area contributed by atoms with E-state index in [0.717, 1.165) is 10.7 Å². The van der Waals surface area contributed by atoms with Crippen LogP contribution >= 0.6 is 11.3 Å². The van der Waals surface area contributed by atoms with Crippen LogP contribution in [-0.4, -0.2) is 34.3 Å². The van der Waals surface area contributed by atoms with Crippen molar-refractivity contribution in [2.24, 2.45) is 5.92 Å². The molecule has 1 aromatic rings. The van der Waals surface area contributed by atoms with Gasteiger partial charge in [0.1, 0.15) is 12.6 Å². The van der Waals surface area contributed by atoms with Crippen LogP contribution in [0.2, 0.25) is 0 Å². The summed E-state index contributed by atoms with van der Waals surface area (Å²) in [5.74, 6) is -0.0167. The number of hydrogen-bond donors (Lipinski definition) is 1. The first-order chi connectivity index (χ1) is 8.47. The van der Waals surface area contributed by atoms with Gasteiger partial charge in [0.25, 0.3) is 0 Å². The minimum Gasteiger partial charge on any atom is -0.343 e. The standard InChI is InChI=1S/C12H17N3O2S/c1-7(2)11-12(17)15(5-10(16)14-11)4-9-6-18-8(3)13-9/h6-7,11H,4-5H2,1-3H3,(H,14,16). The highest BCUT2D eigenvalue weighted by atomic mass is 32.1. The molecule has 18 heavy (non-hydrogen) atoms.